The van der Waals surface area contributed by atoms with Gasteiger partial charge in [0.05, 0.1) is 6.10 Å². The molecule has 0 spiro atoms. The molecule has 1 saturated carbocycles. The molecule has 4 heteroatoms. The maximum Gasteiger partial charge on any atom is 0.123 e. The predicted octanol–water partition coefficient (Wildman–Crippen LogP) is 1.28. The van der Waals surface area contributed by atoms with Crippen LogP contribution in [0.5, 0.6) is 0 Å². The van der Waals surface area contributed by atoms with E-state index in [2.05, 4.69) is 0 Å². The highest BCUT2D eigenvalue weighted by molar-refractivity contribution is 5.23. The summed E-state index contributed by atoms with van der Waals surface area (Å²) in [6.07, 6.45) is 0.764. The molecule has 3 N–H and O–H groups in total. The van der Waals surface area contributed by atoms with Crippen LogP contribution < -0.4 is 0 Å². The van der Waals surface area contributed by atoms with Crippen LogP contribution in [0.3, 0.4) is 0 Å². The third-order valence-electron chi connectivity index (χ3n) is 4.01. The molecule has 1 fully saturated rings. The topological polar surface area (TPSA) is 60.7 Å². The van der Waals surface area contributed by atoms with Crippen LogP contribution in [0.1, 0.15) is 24.3 Å². The minimum Gasteiger partial charge on any atom is -0.396 e. The molecule has 0 bridgehead atoms. The van der Waals surface area contributed by atoms with Gasteiger partial charge in [0.25, 0.3) is 0 Å². The minimum atomic E-state index is -0.546. The van der Waals surface area contributed by atoms with Crippen LogP contribution in [0.4, 0.5) is 4.39 Å². The predicted molar refractivity (Wildman–Crippen MR) is 65.5 cm³/mol. The van der Waals surface area contributed by atoms with Crippen LogP contribution in [-0.4, -0.2) is 34.6 Å². The molecule has 0 amide bonds. The molecule has 0 heterocycles. The van der Waals surface area contributed by atoms with Gasteiger partial charge in [0.2, 0.25) is 0 Å². The van der Waals surface area contributed by atoms with Gasteiger partial charge in [-0.1, -0.05) is 12.1 Å². The standard InChI is InChI=1S/C14H19FO3/c15-11-4-1-9(2-5-11)14-12(8-17)10(7-16)3-6-13(14)18/h1-2,4-5,10,12-14,16-18H,3,6-8H2/t10-,12-,13-,14+/m1/s1. The molecule has 4 atom stereocenters. The number of hydrogen-bond donors (Lipinski definition) is 3. The zero-order valence-corrected chi connectivity index (χ0v) is 10.2. The lowest BCUT2D eigenvalue weighted by atomic mass is 9.68. The van der Waals surface area contributed by atoms with Crippen molar-refractivity contribution in [3.05, 3.63) is 35.6 Å². The summed E-state index contributed by atoms with van der Waals surface area (Å²) in [7, 11) is 0. The van der Waals surface area contributed by atoms with Gasteiger partial charge >= 0.3 is 0 Å². The zero-order chi connectivity index (χ0) is 13.1. The third kappa shape index (κ3) is 2.55. The van der Waals surface area contributed by atoms with E-state index in [1.54, 1.807) is 12.1 Å². The van der Waals surface area contributed by atoms with Crippen LogP contribution in [0.2, 0.25) is 0 Å². The van der Waals surface area contributed by atoms with Crippen molar-refractivity contribution in [1.29, 1.82) is 0 Å². The Bertz CT molecular complexity index is 379. The van der Waals surface area contributed by atoms with E-state index in [-0.39, 0.29) is 36.8 Å². The number of rotatable bonds is 3. The highest BCUT2D eigenvalue weighted by Crippen LogP contribution is 2.41. The fourth-order valence-electron chi connectivity index (χ4n) is 3.00. The number of halogens is 1. The van der Waals surface area contributed by atoms with E-state index in [1.165, 1.54) is 12.1 Å². The highest BCUT2D eigenvalue weighted by Gasteiger charge is 2.38. The Morgan fingerprint density at radius 2 is 1.72 bits per heavy atom. The van der Waals surface area contributed by atoms with Crippen LogP contribution >= 0.6 is 0 Å². The third-order valence-corrected chi connectivity index (χ3v) is 4.01. The van der Waals surface area contributed by atoms with E-state index in [0.29, 0.717) is 12.8 Å². The minimum absolute atomic E-state index is 0.00606. The molecule has 1 aromatic carbocycles. The quantitative estimate of drug-likeness (QED) is 0.761. The number of aliphatic hydroxyl groups is 3. The summed E-state index contributed by atoms with van der Waals surface area (Å²) in [4.78, 5) is 0. The van der Waals surface area contributed by atoms with E-state index in [0.717, 1.165) is 5.56 Å². The summed E-state index contributed by atoms with van der Waals surface area (Å²) >= 11 is 0. The molecule has 0 radical (unpaired) electrons. The molecular weight excluding hydrogens is 235 g/mol. The van der Waals surface area contributed by atoms with Crippen molar-refractivity contribution in [3.63, 3.8) is 0 Å². The monoisotopic (exact) mass is 254 g/mol. The second-order valence-electron chi connectivity index (χ2n) is 5.01. The molecule has 18 heavy (non-hydrogen) atoms. The first kappa shape index (κ1) is 13.5. The Kier molecular flexibility index (Phi) is 4.32. The van der Waals surface area contributed by atoms with E-state index in [1.807, 2.05) is 0 Å². The average molecular weight is 254 g/mol. The maximum atomic E-state index is 12.9. The van der Waals surface area contributed by atoms with Gasteiger partial charge in [0, 0.05) is 19.1 Å². The second-order valence-corrected chi connectivity index (χ2v) is 5.01. The van der Waals surface area contributed by atoms with Gasteiger partial charge < -0.3 is 15.3 Å². The molecule has 0 aliphatic heterocycles. The molecular formula is C14H19FO3. The lowest BCUT2D eigenvalue weighted by molar-refractivity contribution is -0.00267. The van der Waals surface area contributed by atoms with E-state index in [9.17, 15) is 19.7 Å². The largest absolute Gasteiger partial charge is 0.396 e. The van der Waals surface area contributed by atoms with Crippen molar-refractivity contribution in [2.75, 3.05) is 13.2 Å². The zero-order valence-electron chi connectivity index (χ0n) is 10.2. The van der Waals surface area contributed by atoms with Gasteiger partial charge in [-0.2, -0.15) is 0 Å². The van der Waals surface area contributed by atoms with Gasteiger partial charge in [0.1, 0.15) is 5.82 Å². The number of benzene rings is 1. The molecule has 2 rings (SSSR count). The number of hydrogen-bond acceptors (Lipinski definition) is 3. The molecule has 1 aromatic rings. The van der Waals surface area contributed by atoms with Gasteiger partial charge in [-0.25, -0.2) is 4.39 Å². The van der Waals surface area contributed by atoms with Crippen molar-refractivity contribution in [2.45, 2.75) is 24.9 Å². The fraction of sp³-hybridized carbons (Fsp3) is 0.571. The molecule has 3 nitrogen and oxygen atoms in total. The first-order chi connectivity index (χ1) is 8.67. The lowest BCUT2D eigenvalue weighted by Gasteiger charge is -2.40. The molecule has 0 aromatic heterocycles. The van der Waals surface area contributed by atoms with Crippen molar-refractivity contribution in [2.24, 2.45) is 11.8 Å². The maximum absolute atomic E-state index is 12.9. The summed E-state index contributed by atoms with van der Waals surface area (Å²) in [5.41, 5.74) is 0.820. The van der Waals surface area contributed by atoms with Gasteiger partial charge in [-0.15, -0.1) is 0 Å². The van der Waals surface area contributed by atoms with Crippen LogP contribution in [0, 0.1) is 17.7 Å². The Morgan fingerprint density at radius 1 is 1.06 bits per heavy atom. The molecule has 0 unspecified atom stereocenters. The molecule has 0 saturated heterocycles. The average Bonchev–Trinajstić information content (AvgIpc) is 2.39. The van der Waals surface area contributed by atoms with Gasteiger partial charge in [0.15, 0.2) is 0 Å². The molecule has 1 aliphatic carbocycles. The molecule has 100 valence electrons. The summed E-state index contributed by atoms with van der Waals surface area (Å²) in [6, 6.07) is 6.01. The van der Waals surface area contributed by atoms with Crippen LogP contribution in [-0.2, 0) is 0 Å². The fourth-order valence-corrected chi connectivity index (χ4v) is 3.00. The second kappa shape index (κ2) is 5.78. The Balaban J connectivity index is 2.28. The lowest BCUT2D eigenvalue weighted by Crippen LogP contribution is -2.39. The van der Waals surface area contributed by atoms with E-state index in [4.69, 9.17) is 0 Å². The Labute approximate surface area is 106 Å². The van der Waals surface area contributed by atoms with Crippen LogP contribution in [0.15, 0.2) is 24.3 Å². The highest BCUT2D eigenvalue weighted by atomic mass is 19.1. The van der Waals surface area contributed by atoms with Crippen LogP contribution in [0.25, 0.3) is 0 Å². The van der Waals surface area contributed by atoms with Gasteiger partial charge in [-0.3, -0.25) is 0 Å². The smallest absolute Gasteiger partial charge is 0.123 e. The van der Waals surface area contributed by atoms with E-state index < -0.39 is 6.10 Å². The first-order valence-corrected chi connectivity index (χ1v) is 6.32. The van der Waals surface area contributed by atoms with Gasteiger partial charge in [-0.05, 0) is 42.4 Å². The molecule has 1 aliphatic rings. The van der Waals surface area contributed by atoms with Crippen molar-refractivity contribution < 1.29 is 19.7 Å². The SMILES string of the molecule is OC[C@H]1CC[C@@H](O)[C@@H](c2ccc(F)cc2)[C@@H]1CO. The summed E-state index contributed by atoms with van der Waals surface area (Å²) in [5, 5.41) is 29.0. The summed E-state index contributed by atoms with van der Waals surface area (Å²) < 4.78 is 12.9. The van der Waals surface area contributed by atoms with Crippen molar-refractivity contribution >= 4 is 0 Å². The van der Waals surface area contributed by atoms with E-state index >= 15 is 0 Å². The normalized spacial score (nSPS) is 32.4. The Morgan fingerprint density at radius 3 is 2.28 bits per heavy atom. The number of aliphatic hydroxyl groups excluding tert-OH is 3. The van der Waals surface area contributed by atoms with Crippen molar-refractivity contribution in [3.8, 4) is 0 Å². The van der Waals surface area contributed by atoms with Crippen molar-refractivity contribution in [1.82, 2.24) is 0 Å². The first-order valence-electron chi connectivity index (χ1n) is 6.32. The Hall–Kier alpha value is -0.970. The summed E-state index contributed by atoms with van der Waals surface area (Å²) in [5.74, 6) is -0.734. The summed E-state index contributed by atoms with van der Waals surface area (Å²) in [6.45, 7) is -0.0695.